The van der Waals surface area contributed by atoms with Gasteiger partial charge in [-0.05, 0) is 56.7 Å². The van der Waals surface area contributed by atoms with Gasteiger partial charge in [-0.25, -0.2) is 4.68 Å². The topological polar surface area (TPSA) is 21.1 Å². The largest absolute Gasteiger partial charge is 0.435 e. The highest BCUT2D eigenvalue weighted by molar-refractivity contribution is 6.31. The third-order valence-corrected chi connectivity index (χ3v) is 5.30. The highest BCUT2D eigenvalue weighted by atomic mass is 35.5. The monoisotopic (exact) mass is 369 g/mol. The first-order valence-corrected chi connectivity index (χ1v) is 9.06. The Kier molecular flexibility index (Phi) is 4.18. The third-order valence-electron chi connectivity index (χ3n) is 5.06. The van der Waals surface area contributed by atoms with Crippen molar-refractivity contribution in [1.82, 2.24) is 9.78 Å². The Morgan fingerprint density at radius 1 is 0.960 bits per heavy atom. The molecule has 3 nitrogen and oxygen atoms in total. The summed E-state index contributed by atoms with van der Waals surface area (Å²) in [4.78, 5) is 2.19. The van der Waals surface area contributed by atoms with Gasteiger partial charge in [0.05, 0.1) is 11.4 Å². The molecule has 1 fully saturated rings. The van der Waals surface area contributed by atoms with Crippen LogP contribution in [0.3, 0.4) is 0 Å². The lowest BCUT2D eigenvalue weighted by atomic mass is 9.95. The minimum atomic E-state index is -4.42. The van der Waals surface area contributed by atoms with Gasteiger partial charge >= 0.3 is 6.18 Å². The van der Waals surface area contributed by atoms with Gasteiger partial charge in [-0.1, -0.05) is 11.6 Å². The summed E-state index contributed by atoms with van der Waals surface area (Å²) in [6, 6.07) is 5.35. The van der Waals surface area contributed by atoms with Crippen LogP contribution in [0.5, 0.6) is 0 Å². The maximum Gasteiger partial charge on any atom is 0.435 e. The first-order chi connectivity index (χ1) is 11.9. The van der Waals surface area contributed by atoms with E-state index in [9.17, 15) is 13.2 Å². The predicted molar refractivity (Wildman–Crippen MR) is 91.7 cm³/mol. The minimum Gasteiger partial charge on any atom is -0.370 e. The van der Waals surface area contributed by atoms with Gasteiger partial charge in [0.2, 0.25) is 0 Å². The molecule has 1 aromatic heterocycles. The van der Waals surface area contributed by atoms with Gasteiger partial charge in [-0.3, -0.25) is 0 Å². The number of fused-ring (bicyclic) bond motifs is 1. The first-order valence-electron chi connectivity index (χ1n) is 8.68. The van der Waals surface area contributed by atoms with Crippen molar-refractivity contribution < 1.29 is 13.2 Å². The molecule has 0 N–H and O–H groups in total. The highest BCUT2D eigenvalue weighted by Gasteiger charge is 2.40. The minimum absolute atomic E-state index is 0.362. The number of aromatic nitrogens is 2. The lowest BCUT2D eigenvalue weighted by Gasteiger charge is -2.23. The number of hydrogen-bond donors (Lipinski definition) is 0. The Balaban J connectivity index is 1.89. The van der Waals surface area contributed by atoms with Crippen molar-refractivity contribution in [2.24, 2.45) is 0 Å². The quantitative estimate of drug-likeness (QED) is 0.740. The summed E-state index contributed by atoms with van der Waals surface area (Å²) in [5.74, 6) is 0. The average molecular weight is 370 g/mol. The lowest BCUT2D eigenvalue weighted by molar-refractivity contribution is -0.142. The normalized spacial score (nSPS) is 17.8. The van der Waals surface area contributed by atoms with Crippen LogP contribution in [0.2, 0.25) is 5.02 Å². The van der Waals surface area contributed by atoms with Crippen LogP contribution in [0.1, 0.15) is 42.6 Å². The van der Waals surface area contributed by atoms with Crippen LogP contribution >= 0.6 is 11.6 Å². The molecule has 2 heterocycles. The number of hydrogen-bond acceptors (Lipinski definition) is 2. The third kappa shape index (κ3) is 3.01. The maximum atomic E-state index is 13.5. The zero-order valence-corrected chi connectivity index (χ0v) is 14.5. The van der Waals surface area contributed by atoms with Crippen molar-refractivity contribution in [2.45, 2.75) is 44.7 Å². The molecule has 0 saturated carbocycles. The number of anilines is 1. The van der Waals surface area contributed by atoms with Crippen molar-refractivity contribution in [3.63, 3.8) is 0 Å². The predicted octanol–water partition coefficient (Wildman–Crippen LogP) is 5.02. The summed E-state index contributed by atoms with van der Waals surface area (Å²) < 4.78 is 41.9. The molecular weight excluding hydrogens is 351 g/mol. The van der Waals surface area contributed by atoms with Crippen LogP contribution in [0.25, 0.3) is 5.69 Å². The molecule has 2 aromatic rings. The van der Waals surface area contributed by atoms with Crippen molar-refractivity contribution in [3.8, 4) is 5.69 Å². The molecule has 0 atom stereocenters. The van der Waals surface area contributed by atoms with E-state index in [1.54, 1.807) is 12.1 Å². The maximum absolute atomic E-state index is 13.5. The molecule has 0 unspecified atom stereocenters. The molecule has 0 amide bonds. The van der Waals surface area contributed by atoms with Gasteiger partial charge in [-0.2, -0.15) is 18.3 Å². The van der Waals surface area contributed by atoms with E-state index >= 15 is 0 Å². The molecule has 2 aliphatic rings. The summed E-state index contributed by atoms with van der Waals surface area (Å²) in [6.45, 7) is 1.78. The standard InChI is InChI=1S/C18H19ClF3N3/c19-12-7-8-15(16(11-12)24-9-3-4-10-24)25-14-6-2-1-5-13(14)17(23-25)18(20,21)22/h7-8,11H,1-6,9-10H2. The van der Waals surface area contributed by atoms with Crippen LogP contribution in [-0.2, 0) is 19.0 Å². The van der Waals surface area contributed by atoms with Gasteiger partial charge in [0.1, 0.15) is 0 Å². The van der Waals surface area contributed by atoms with E-state index < -0.39 is 11.9 Å². The second-order valence-electron chi connectivity index (χ2n) is 6.72. The zero-order chi connectivity index (χ0) is 17.6. The van der Waals surface area contributed by atoms with Gasteiger partial charge in [0.25, 0.3) is 0 Å². The molecule has 1 aliphatic heterocycles. The van der Waals surface area contributed by atoms with Crippen molar-refractivity contribution in [3.05, 3.63) is 40.2 Å². The van der Waals surface area contributed by atoms with Gasteiger partial charge in [0.15, 0.2) is 5.69 Å². The molecule has 1 aromatic carbocycles. The van der Waals surface area contributed by atoms with E-state index in [4.69, 9.17) is 11.6 Å². The van der Waals surface area contributed by atoms with Gasteiger partial charge in [0, 0.05) is 29.4 Å². The molecule has 4 rings (SSSR count). The fourth-order valence-corrected chi connectivity index (χ4v) is 4.08. The summed E-state index contributed by atoms with van der Waals surface area (Å²) in [7, 11) is 0. The lowest BCUT2D eigenvalue weighted by Crippen LogP contribution is -2.20. The number of halogens is 4. The Morgan fingerprint density at radius 3 is 2.40 bits per heavy atom. The van der Waals surface area contributed by atoms with Crippen LogP contribution in [-0.4, -0.2) is 22.9 Å². The number of rotatable bonds is 2. The molecule has 1 aliphatic carbocycles. The Labute approximate surface area is 149 Å². The van der Waals surface area contributed by atoms with Crippen LogP contribution in [0.15, 0.2) is 18.2 Å². The number of benzene rings is 1. The SMILES string of the molecule is FC(F)(F)c1nn(-c2ccc(Cl)cc2N2CCCC2)c2c1CCCC2. The Morgan fingerprint density at radius 2 is 1.68 bits per heavy atom. The smallest absolute Gasteiger partial charge is 0.370 e. The van der Waals surface area contributed by atoms with Crippen molar-refractivity contribution in [1.29, 1.82) is 0 Å². The van der Waals surface area contributed by atoms with Crippen LogP contribution in [0.4, 0.5) is 18.9 Å². The summed E-state index contributed by atoms with van der Waals surface area (Å²) in [5, 5.41) is 4.60. The highest BCUT2D eigenvalue weighted by Crippen LogP contribution is 2.39. The van der Waals surface area contributed by atoms with Crippen molar-refractivity contribution in [2.75, 3.05) is 18.0 Å². The summed E-state index contributed by atoms with van der Waals surface area (Å²) in [5.41, 5.74) is 1.89. The molecule has 0 spiro atoms. The fraction of sp³-hybridized carbons (Fsp3) is 0.500. The van der Waals surface area contributed by atoms with Crippen LogP contribution in [0, 0.1) is 0 Å². The van der Waals surface area contributed by atoms with E-state index in [1.807, 2.05) is 6.07 Å². The zero-order valence-electron chi connectivity index (χ0n) is 13.7. The van der Waals surface area contributed by atoms with E-state index in [-0.39, 0.29) is 0 Å². The first kappa shape index (κ1) is 16.8. The Hall–Kier alpha value is -1.69. The van der Waals surface area contributed by atoms with Gasteiger partial charge in [-0.15, -0.1) is 0 Å². The molecule has 25 heavy (non-hydrogen) atoms. The molecule has 134 valence electrons. The fourth-order valence-electron chi connectivity index (χ4n) is 3.91. The van der Waals surface area contributed by atoms with E-state index in [2.05, 4.69) is 10.00 Å². The average Bonchev–Trinajstić information content (AvgIpc) is 3.22. The summed E-state index contributed by atoms with van der Waals surface area (Å²) >= 11 is 6.17. The van der Waals surface area contributed by atoms with E-state index in [0.717, 1.165) is 44.5 Å². The van der Waals surface area contributed by atoms with E-state index in [1.165, 1.54) is 4.68 Å². The van der Waals surface area contributed by atoms with Crippen molar-refractivity contribution >= 4 is 17.3 Å². The number of alkyl halides is 3. The van der Waals surface area contributed by atoms with Crippen LogP contribution < -0.4 is 4.90 Å². The Bertz CT molecular complexity index is 792. The second-order valence-corrected chi connectivity index (χ2v) is 7.15. The summed E-state index contributed by atoms with van der Waals surface area (Å²) in [6.07, 6.45) is 0.474. The van der Waals surface area contributed by atoms with Gasteiger partial charge < -0.3 is 4.90 Å². The molecule has 7 heteroatoms. The molecule has 0 bridgehead atoms. The van der Waals surface area contributed by atoms with E-state index in [0.29, 0.717) is 34.8 Å². The second kappa shape index (κ2) is 6.24. The molecule has 0 radical (unpaired) electrons. The molecule has 1 saturated heterocycles. The molecular formula is C18H19ClF3N3. The number of nitrogens with zero attached hydrogens (tertiary/aromatic N) is 3.